The van der Waals surface area contributed by atoms with Gasteiger partial charge in [-0.1, -0.05) is 54.6 Å². The highest BCUT2D eigenvalue weighted by molar-refractivity contribution is 5.80. The molecule has 6 heteroatoms. The number of piperazine rings is 1. The molecule has 1 fully saturated rings. The lowest BCUT2D eigenvalue weighted by Gasteiger charge is -2.27. The molecule has 0 radical (unpaired) electrons. The molecule has 162 valence electrons. The Morgan fingerprint density at radius 2 is 1.32 bits per heavy atom. The predicted molar refractivity (Wildman–Crippen MR) is 117 cm³/mol. The van der Waals surface area contributed by atoms with E-state index in [4.69, 9.17) is 0 Å². The van der Waals surface area contributed by atoms with Gasteiger partial charge in [0, 0.05) is 32.7 Å². The number of carboxylic acid groups (broad SMARTS) is 1. The van der Waals surface area contributed by atoms with E-state index in [-0.39, 0.29) is 0 Å². The van der Waals surface area contributed by atoms with Gasteiger partial charge in [-0.05, 0) is 41.0 Å². The van der Waals surface area contributed by atoms with Crippen molar-refractivity contribution in [2.24, 2.45) is 0 Å². The number of benzene rings is 3. The fourth-order valence-corrected chi connectivity index (χ4v) is 3.50. The van der Waals surface area contributed by atoms with Crippen LogP contribution in [0.5, 0.6) is 0 Å². The number of nitrogens with zero attached hydrogens (tertiary/aromatic N) is 1. The van der Waals surface area contributed by atoms with Gasteiger partial charge in [0.15, 0.2) is 0 Å². The van der Waals surface area contributed by atoms with Gasteiger partial charge in [0.25, 0.3) is 0 Å². The monoisotopic (exact) mass is 424 g/mol. The Morgan fingerprint density at radius 3 is 1.77 bits per heavy atom. The summed E-state index contributed by atoms with van der Waals surface area (Å²) in [6, 6.07) is 21.2. The van der Waals surface area contributed by atoms with Gasteiger partial charge in [-0.3, -0.25) is 9.69 Å². The Morgan fingerprint density at radius 1 is 0.839 bits per heavy atom. The summed E-state index contributed by atoms with van der Waals surface area (Å²) in [5, 5.41) is 12.6. The van der Waals surface area contributed by atoms with Crippen molar-refractivity contribution in [2.75, 3.05) is 26.2 Å². The molecular weight excluding hydrogens is 398 g/mol. The summed E-state index contributed by atoms with van der Waals surface area (Å²) in [6.07, 6.45) is 0. The lowest BCUT2D eigenvalue weighted by molar-refractivity contribution is -0.137. The molecule has 0 spiro atoms. The average Bonchev–Trinajstić information content (AvgIpc) is 2.78. The van der Waals surface area contributed by atoms with Crippen LogP contribution in [0.25, 0.3) is 0 Å². The first-order valence-corrected chi connectivity index (χ1v) is 10.2. The summed E-state index contributed by atoms with van der Waals surface area (Å²) in [7, 11) is 0. The van der Waals surface area contributed by atoms with Crippen LogP contribution >= 0.6 is 0 Å². The normalized spacial score (nSPS) is 14.0. The standard InChI is InChI=1S/C14H10F2O2.C11H16N2/c15-11-5-1-9(2-6-11)13(14(17)18)10-3-7-12(16)8-4-10;1-2-4-11(5-3-1)10-13-8-6-12-7-9-13/h1-8,13H,(H,17,18);1-5,12H,6-10H2. The molecule has 3 aromatic rings. The molecular formula is C25H26F2N2O2. The van der Waals surface area contributed by atoms with Gasteiger partial charge >= 0.3 is 5.97 Å². The Balaban J connectivity index is 0.000000185. The maximum atomic E-state index is 12.8. The number of hydrogen-bond acceptors (Lipinski definition) is 3. The minimum Gasteiger partial charge on any atom is -0.481 e. The van der Waals surface area contributed by atoms with Crippen LogP contribution < -0.4 is 5.32 Å². The lowest BCUT2D eigenvalue weighted by atomic mass is 9.91. The number of nitrogens with one attached hydrogen (secondary N) is 1. The molecule has 0 aromatic heterocycles. The number of rotatable bonds is 5. The van der Waals surface area contributed by atoms with E-state index >= 15 is 0 Å². The SMILES string of the molecule is O=C(O)C(c1ccc(F)cc1)c1ccc(F)cc1.c1ccc(CN2CCNCC2)cc1. The summed E-state index contributed by atoms with van der Waals surface area (Å²) < 4.78 is 25.6. The Kier molecular flexibility index (Phi) is 8.27. The minimum absolute atomic E-state index is 0.429. The average molecular weight is 424 g/mol. The number of carboxylic acids is 1. The molecule has 1 heterocycles. The molecule has 0 atom stereocenters. The predicted octanol–water partition coefficient (Wildman–Crippen LogP) is 4.27. The van der Waals surface area contributed by atoms with E-state index in [1.165, 1.54) is 67.2 Å². The van der Waals surface area contributed by atoms with Crippen LogP contribution in [-0.2, 0) is 11.3 Å². The van der Waals surface area contributed by atoms with Crippen LogP contribution in [0.4, 0.5) is 8.78 Å². The molecule has 0 bridgehead atoms. The highest BCUT2D eigenvalue weighted by atomic mass is 19.1. The van der Waals surface area contributed by atoms with E-state index in [2.05, 4.69) is 40.5 Å². The number of hydrogen-bond donors (Lipinski definition) is 2. The van der Waals surface area contributed by atoms with Crippen molar-refractivity contribution in [3.63, 3.8) is 0 Å². The molecule has 0 unspecified atom stereocenters. The van der Waals surface area contributed by atoms with Crippen LogP contribution in [-0.4, -0.2) is 42.2 Å². The molecule has 2 N–H and O–H groups in total. The first-order valence-electron chi connectivity index (χ1n) is 10.2. The second-order valence-electron chi connectivity index (χ2n) is 7.39. The lowest BCUT2D eigenvalue weighted by Crippen LogP contribution is -2.42. The van der Waals surface area contributed by atoms with Gasteiger partial charge in [-0.15, -0.1) is 0 Å². The van der Waals surface area contributed by atoms with Gasteiger partial charge in [-0.2, -0.15) is 0 Å². The molecule has 3 aromatic carbocycles. The smallest absolute Gasteiger partial charge is 0.315 e. The fraction of sp³-hybridized carbons (Fsp3) is 0.240. The number of aliphatic carboxylic acids is 1. The number of halogens is 2. The van der Waals surface area contributed by atoms with E-state index in [1.54, 1.807) is 0 Å². The second-order valence-corrected chi connectivity index (χ2v) is 7.39. The zero-order chi connectivity index (χ0) is 22.1. The largest absolute Gasteiger partial charge is 0.481 e. The van der Waals surface area contributed by atoms with Gasteiger partial charge in [0.2, 0.25) is 0 Å². The molecule has 0 aliphatic carbocycles. The van der Waals surface area contributed by atoms with Gasteiger partial charge in [0.05, 0.1) is 0 Å². The van der Waals surface area contributed by atoms with Crippen molar-refractivity contribution in [3.05, 3.63) is 107 Å². The van der Waals surface area contributed by atoms with Gasteiger partial charge in [0.1, 0.15) is 17.6 Å². The Labute approximate surface area is 181 Å². The molecule has 4 nitrogen and oxygen atoms in total. The summed E-state index contributed by atoms with van der Waals surface area (Å²) >= 11 is 0. The third-order valence-corrected chi connectivity index (χ3v) is 5.11. The second kappa shape index (κ2) is 11.3. The molecule has 0 amide bonds. The third-order valence-electron chi connectivity index (χ3n) is 5.11. The summed E-state index contributed by atoms with van der Waals surface area (Å²) in [5.41, 5.74) is 2.33. The zero-order valence-corrected chi connectivity index (χ0v) is 17.2. The maximum Gasteiger partial charge on any atom is 0.315 e. The quantitative estimate of drug-likeness (QED) is 0.642. The summed E-state index contributed by atoms with van der Waals surface area (Å²) in [5.74, 6) is -2.84. The zero-order valence-electron chi connectivity index (χ0n) is 17.2. The van der Waals surface area contributed by atoms with Crippen LogP contribution in [0.15, 0.2) is 78.9 Å². The minimum atomic E-state index is -1.06. The van der Waals surface area contributed by atoms with E-state index < -0.39 is 23.5 Å². The maximum absolute atomic E-state index is 12.8. The van der Waals surface area contributed by atoms with Crippen molar-refractivity contribution >= 4 is 5.97 Å². The first-order chi connectivity index (χ1) is 15.0. The highest BCUT2D eigenvalue weighted by Gasteiger charge is 2.22. The Hall–Kier alpha value is -3.09. The van der Waals surface area contributed by atoms with Gasteiger partial charge < -0.3 is 10.4 Å². The summed E-state index contributed by atoms with van der Waals surface area (Å²) in [6.45, 7) is 5.71. The van der Waals surface area contributed by atoms with Crippen molar-refractivity contribution in [3.8, 4) is 0 Å². The first kappa shape index (κ1) is 22.6. The number of carbonyl (C=O) groups is 1. The van der Waals surface area contributed by atoms with Crippen molar-refractivity contribution in [1.82, 2.24) is 10.2 Å². The topological polar surface area (TPSA) is 52.6 Å². The van der Waals surface area contributed by atoms with E-state index in [0.29, 0.717) is 11.1 Å². The molecule has 1 aliphatic heterocycles. The van der Waals surface area contributed by atoms with Crippen LogP contribution in [0.3, 0.4) is 0 Å². The van der Waals surface area contributed by atoms with Crippen LogP contribution in [0.1, 0.15) is 22.6 Å². The van der Waals surface area contributed by atoms with Crippen LogP contribution in [0, 0.1) is 11.6 Å². The summed E-state index contributed by atoms with van der Waals surface area (Å²) in [4.78, 5) is 13.8. The molecule has 4 rings (SSSR count). The van der Waals surface area contributed by atoms with E-state index in [9.17, 15) is 18.7 Å². The van der Waals surface area contributed by atoms with Gasteiger partial charge in [-0.25, -0.2) is 8.78 Å². The van der Waals surface area contributed by atoms with E-state index in [0.717, 1.165) is 19.6 Å². The third kappa shape index (κ3) is 6.98. The molecule has 1 saturated heterocycles. The van der Waals surface area contributed by atoms with Crippen molar-refractivity contribution in [1.29, 1.82) is 0 Å². The molecule has 1 aliphatic rings. The van der Waals surface area contributed by atoms with Crippen molar-refractivity contribution < 1.29 is 18.7 Å². The Bertz CT molecular complexity index is 896. The van der Waals surface area contributed by atoms with Crippen LogP contribution in [0.2, 0.25) is 0 Å². The molecule has 31 heavy (non-hydrogen) atoms. The molecule has 0 saturated carbocycles. The van der Waals surface area contributed by atoms with E-state index in [1.807, 2.05) is 0 Å². The highest BCUT2D eigenvalue weighted by Crippen LogP contribution is 2.25. The van der Waals surface area contributed by atoms with Crippen molar-refractivity contribution in [2.45, 2.75) is 12.5 Å². The fourth-order valence-electron chi connectivity index (χ4n) is 3.50.